The molecule has 1 fully saturated rings. The van der Waals surface area contributed by atoms with Gasteiger partial charge in [-0.05, 0) is 25.9 Å². The van der Waals surface area contributed by atoms with Crippen molar-refractivity contribution in [3.05, 3.63) is 0 Å². The SMILES string of the molecule is C1CCNC1.CCC.NC=O. The fraction of sp³-hybridized carbons (Fsp3) is 0.875. The third kappa shape index (κ3) is 26.5. The van der Waals surface area contributed by atoms with E-state index in [4.69, 9.17) is 4.79 Å². The van der Waals surface area contributed by atoms with Crippen molar-refractivity contribution in [3.8, 4) is 0 Å². The highest BCUT2D eigenvalue weighted by molar-refractivity contribution is 5.42. The van der Waals surface area contributed by atoms with Crippen LogP contribution in [0.5, 0.6) is 0 Å². The maximum atomic E-state index is 8.58. The first kappa shape index (κ1) is 13.1. The third-order valence-corrected chi connectivity index (χ3v) is 0.957. The quantitative estimate of drug-likeness (QED) is 0.517. The first-order valence-electron chi connectivity index (χ1n) is 4.19. The summed E-state index contributed by atoms with van der Waals surface area (Å²) in [6.45, 7) is 6.75. The Bertz CT molecular complexity index is 55.5. The lowest BCUT2D eigenvalue weighted by Crippen LogP contribution is -2.03. The van der Waals surface area contributed by atoms with E-state index in [1.165, 1.54) is 32.4 Å². The minimum Gasteiger partial charge on any atom is -0.372 e. The van der Waals surface area contributed by atoms with E-state index >= 15 is 0 Å². The zero-order chi connectivity index (χ0) is 8.95. The average Bonchev–Trinajstić information content (AvgIpc) is 2.44. The Morgan fingerprint density at radius 2 is 1.64 bits per heavy atom. The topological polar surface area (TPSA) is 55.1 Å². The fourth-order valence-corrected chi connectivity index (χ4v) is 0.625. The molecule has 0 aromatic heterocycles. The highest BCUT2D eigenvalue weighted by Crippen LogP contribution is 1.90. The predicted molar refractivity (Wildman–Crippen MR) is 48.3 cm³/mol. The summed E-state index contributed by atoms with van der Waals surface area (Å²) in [5, 5.41) is 3.22. The molecule has 0 atom stereocenters. The van der Waals surface area contributed by atoms with E-state index in [0.29, 0.717) is 0 Å². The van der Waals surface area contributed by atoms with Gasteiger partial charge in [0.05, 0.1) is 0 Å². The molecular formula is C8H20N2O. The van der Waals surface area contributed by atoms with E-state index in [0.717, 1.165) is 0 Å². The van der Waals surface area contributed by atoms with Gasteiger partial charge in [0.1, 0.15) is 0 Å². The van der Waals surface area contributed by atoms with Crippen molar-refractivity contribution in [1.29, 1.82) is 0 Å². The van der Waals surface area contributed by atoms with Crippen LogP contribution < -0.4 is 11.1 Å². The summed E-state index contributed by atoms with van der Waals surface area (Å²) in [4.78, 5) is 8.58. The van der Waals surface area contributed by atoms with Crippen molar-refractivity contribution in [2.45, 2.75) is 33.1 Å². The zero-order valence-electron chi connectivity index (χ0n) is 7.60. The predicted octanol–water partition coefficient (Wildman–Crippen LogP) is 0.888. The molecule has 1 saturated heterocycles. The number of carbonyl (C=O) groups excluding carboxylic acids is 1. The lowest BCUT2D eigenvalue weighted by Gasteiger charge is -1.76. The van der Waals surface area contributed by atoms with Crippen LogP contribution in [-0.4, -0.2) is 19.5 Å². The van der Waals surface area contributed by atoms with Crippen molar-refractivity contribution in [3.63, 3.8) is 0 Å². The van der Waals surface area contributed by atoms with Gasteiger partial charge in [-0.25, -0.2) is 0 Å². The van der Waals surface area contributed by atoms with Gasteiger partial charge in [0.15, 0.2) is 0 Å². The van der Waals surface area contributed by atoms with Gasteiger partial charge >= 0.3 is 0 Å². The molecule has 0 aromatic rings. The second-order valence-electron chi connectivity index (χ2n) is 2.30. The summed E-state index contributed by atoms with van der Waals surface area (Å²) in [5.41, 5.74) is 4.17. The number of carbonyl (C=O) groups is 1. The Balaban J connectivity index is 0. The number of rotatable bonds is 0. The van der Waals surface area contributed by atoms with E-state index < -0.39 is 0 Å². The van der Waals surface area contributed by atoms with Crippen LogP contribution in [0.15, 0.2) is 0 Å². The van der Waals surface area contributed by atoms with Crippen LogP contribution in [0.1, 0.15) is 33.1 Å². The normalized spacial score (nSPS) is 13.6. The molecule has 0 bridgehead atoms. The molecule has 1 amide bonds. The molecule has 0 aromatic carbocycles. The maximum Gasteiger partial charge on any atom is 0.204 e. The van der Waals surface area contributed by atoms with Crippen molar-refractivity contribution < 1.29 is 4.79 Å². The van der Waals surface area contributed by atoms with Crippen LogP contribution in [0.2, 0.25) is 0 Å². The monoisotopic (exact) mass is 160 g/mol. The summed E-state index contributed by atoms with van der Waals surface area (Å²) >= 11 is 0. The third-order valence-electron chi connectivity index (χ3n) is 0.957. The molecule has 3 nitrogen and oxygen atoms in total. The van der Waals surface area contributed by atoms with Crippen molar-refractivity contribution >= 4 is 6.41 Å². The van der Waals surface area contributed by atoms with Gasteiger partial charge in [0, 0.05) is 0 Å². The zero-order valence-corrected chi connectivity index (χ0v) is 7.60. The Morgan fingerprint density at radius 3 is 1.73 bits per heavy atom. The number of hydrogen-bond acceptors (Lipinski definition) is 2. The first-order chi connectivity index (χ1) is 5.33. The number of nitrogens with one attached hydrogen (secondary N) is 1. The Hall–Kier alpha value is -0.570. The average molecular weight is 160 g/mol. The molecule has 1 rings (SSSR count). The summed E-state index contributed by atoms with van der Waals surface area (Å²) in [5.74, 6) is 0. The molecule has 1 aliphatic heterocycles. The first-order valence-corrected chi connectivity index (χ1v) is 4.19. The van der Waals surface area contributed by atoms with Gasteiger partial charge in [-0.2, -0.15) is 0 Å². The number of primary amides is 1. The van der Waals surface area contributed by atoms with Crippen LogP contribution in [0.3, 0.4) is 0 Å². The number of nitrogens with two attached hydrogens (primary N) is 1. The standard InChI is InChI=1S/C4H9N.C3H8.CH3NO/c1-2-4-5-3-1;1-3-2;2-1-3/h5H,1-4H2;3H2,1-2H3;1H,(H2,2,3). The van der Waals surface area contributed by atoms with Crippen molar-refractivity contribution in [2.24, 2.45) is 5.73 Å². The highest BCUT2D eigenvalue weighted by Gasteiger charge is 1.93. The van der Waals surface area contributed by atoms with Crippen LogP contribution in [0.4, 0.5) is 0 Å². The van der Waals surface area contributed by atoms with Gasteiger partial charge in [0.25, 0.3) is 0 Å². The number of amides is 1. The second-order valence-corrected chi connectivity index (χ2v) is 2.30. The van der Waals surface area contributed by atoms with Gasteiger partial charge in [-0.3, -0.25) is 4.79 Å². The van der Waals surface area contributed by atoms with E-state index in [1.807, 2.05) is 0 Å². The number of hydrogen-bond donors (Lipinski definition) is 2. The largest absolute Gasteiger partial charge is 0.372 e. The minimum atomic E-state index is 0.250. The highest BCUT2D eigenvalue weighted by atomic mass is 16.1. The van der Waals surface area contributed by atoms with Crippen LogP contribution in [0, 0.1) is 0 Å². The second kappa shape index (κ2) is 16.2. The van der Waals surface area contributed by atoms with Crippen molar-refractivity contribution in [1.82, 2.24) is 5.32 Å². The fourth-order valence-electron chi connectivity index (χ4n) is 0.625. The van der Waals surface area contributed by atoms with E-state index in [2.05, 4.69) is 24.9 Å². The van der Waals surface area contributed by atoms with Crippen LogP contribution >= 0.6 is 0 Å². The summed E-state index contributed by atoms with van der Waals surface area (Å²) in [7, 11) is 0. The molecular weight excluding hydrogens is 140 g/mol. The Morgan fingerprint density at radius 1 is 1.36 bits per heavy atom. The minimum absolute atomic E-state index is 0.250. The maximum absolute atomic E-state index is 8.58. The lowest BCUT2D eigenvalue weighted by molar-refractivity contribution is -0.106. The van der Waals surface area contributed by atoms with Gasteiger partial charge in [0.2, 0.25) is 6.41 Å². The molecule has 1 aliphatic rings. The summed E-state index contributed by atoms with van der Waals surface area (Å²) in [6, 6.07) is 0. The van der Waals surface area contributed by atoms with Gasteiger partial charge in [-0.15, -0.1) is 0 Å². The molecule has 0 saturated carbocycles. The van der Waals surface area contributed by atoms with E-state index in [9.17, 15) is 0 Å². The van der Waals surface area contributed by atoms with Crippen LogP contribution in [0.25, 0.3) is 0 Å². The summed E-state index contributed by atoms with van der Waals surface area (Å²) < 4.78 is 0. The Labute approximate surface area is 69.4 Å². The van der Waals surface area contributed by atoms with Gasteiger partial charge < -0.3 is 11.1 Å². The Kier molecular flexibility index (Phi) is 19.2. The van der Waals surface area contributed by atoms with Crippen LogP contribution in [-0.2, 0) is 4.79 Å². The molecule has 0 unspecified atom stereocenters. The molecule has 0 spiro atoms. The van der Waals surface area contributed by atoms with Crippen molar-refractivity contribution in [2.75, 3.05) is 13.1 Å². The van der Waals surface area contributed by atoms with Gasteiger partial charge in [-0.1, -0.05) is 20.3 Å². The van der Waals surface area contributed by atoms with E-state index in [-0.39, 0.29) is 6.41 Å². The smallest absolute Gasteiger partial charge is 0.204 e. The molecule has 0 radical (unpaired) electrons. The molecule has 11 heavy (non-hydrogen) atoms. The molecule has 1 heterocycles. The molecule has 0 aliphatic carbocycles. The molecule has 3 N–H and O–H groups in total. The molecule has 68 valence electrons. The molecule has 3 heteroatoms. The summed E-state index contributed by atoms with van der Waals surface area (Å²) in [6.07, 6.45) is 4.28. The lowest BCUT2D eigenvalue weighted by atomic mass is 10.4. The van der Waals surface area contributed by atoms with E-state index in [1.54, 1.807) is 0 Å².